The molecule has 0 aromatic heterocycles. The average Bonchev–Trinajstić information content (AvgIpc) is 3.03. The van der Waals surface area contributed by atoms with Crippen molar-refractivity contribution >= 4 is 17.4 Å². The number of aliphatic hydroxyl groups excluding tert-OH is 1. The van der Waals surface area contributed by atoms with Crippen molar-refractivity contribution in [2.24, 2.45) is 0 Å². The lowest BCUT2D eigenvalue weighted by molar-refractivity contribution is -0.140. The Bertz CT molecular complexity index is 1010. The number of Topliss-reactive ketones (excluding diaryl/α,β-unsaturated/α-hetero) is 1. The van der Waals surface area contributed by atoms with E-state index in [1.807, 2.05) is 38.1 Å². The maximum absolute atomic E-state index is 13.0. The summed E-state index contributed by atoms with van der Waals surface area (Å²) in [5, 5.41) is 11.2. The Morgan fingerprint density at radius 1 is 1.06 bits per heavy atom. The van der Waals surface area contributed by atoms with Gasteiger partial charge in [-0.3, -0.25) is 9.59 Å². The van der Waals surface area contributed by atoms with Crippen molar-refractivity contribution in [3.63, 3.8) is 0 Å². The predicted octanol–water partition coefficient (Wildman–Crippen LogP) is 4.55. The fourth-order valence-corrected chi connectivity index (χ4v) is 3.84. The third-order valence-electron chi connectivity index (χ3n) is 5.67. The zero-order valence-electron chi connectivity index (χ0n) is 19.2. The highest BCUT2D eigenvalue weighted by Crippen LogP contribution is 2.39. The molecule has 2 aromatic rings. The van der Waals surface area contributed by atoms with Gasteiger partial charge in [-0.2, -0.15) is 0 Å². The van der Waals surface area contributed by atoms with Crippen molar-refractivity contribution in [3.05, 3.63) is 70.3 Å². The molecule has 0 spiro atoms. The van der Waals surface area contributed by atoms with E-state index in [-0.39, 0.29) is 17.9 Å². The number of unbranched alkanes of at least 4 members (excludes halogenated alkanes) is 1. The standard InChI is InChI=1S/C26H31NO5/c1-5-6-14-32-21-12-11-20(16-18(21)3)24(28)22-23(19-9-7-17(2)8-10-19)27(13-15-31-4)26(30)25(22)29/h7-12,16,23,28H,5-6,13-15H2,1-4H3/b24-22+/t23-/m0/s1. The minimum Gasteiger partial charge on any atom is -0.507 e. The molecule has 32 heavy (non-hydrogen) atoms. The number of benzene rings is 2. The first-order chi connectivity index (χ1) is 15.4. The number of carbonyl (C=O) groups excluding carboxylic acids is 2. The second kappa shape index (κ2) is 10.5. The predicted molar refractivity (Wildman–Crippen MR) is 124 cm³/mol. The number of nitrogens with zero attached hydrogens (tertiary/aromatic N) is 1. The maximum atomic E-state index is 13.0. The van der Waals surface area contributed by atoms with Crippen LogP contribution in [0.1, 0.15) is 48.1 Å². The van der Waals surface area contributed by atoms with Crippen LogP contribution in [0.2, 0.25) is 0 Å². The Labute approximate surface area is 189 Å². The van der Waals surface area contributed by atoms with Crippen LogP contribution in [0.4, 0.5) is 0 Å². The fraction of sp³-hybridized carbons (Fsp3) is 0.385. The minimum absolute atomic E-state index is 0.0917. The molecule has 0 radical (unpaired) electrons. The highest BCUT2D eigenvalue weighted by molar-refractivity contribution is 6.46. The molecule has 1 atom stereocenters. The van der Waals surface area contributed by atoms with E-state index in [2.05, 4.69) is 6.92 Å². The molecule has 3 rings (SSSR count). The number of hydrogen-bond donors (Lipinski definition) is 1. The molecule has 1 aliphatic heterocycles. The van der Waals surface area contributed by atoms with E-state index < -0.39 is 17.7 Å². The van der Waals surface area contributed by atoms with Gasteiger partial charge in [-0.1, -0.05) is 43.2 Å². The molecule has 0 saturated carbocycles. The quantitative estimate of drug-likeness (QED) is 0.270. The topological polar surface area (TPSA) is 76.1 Å². The van der Waals surface area contributed by atoms with E-state index in [9.17, 15) is 14.7 Å². The average molecular weight is 438 g/mol. The third kappa shape index (κ3) is 4.86. The van der Waals surface area contributed by atoms with Crippen LogP contribution in [-0.4, -0.2) is 48.6 Å². The fourth-order valence-electron chi connectivity index (χ4n) is 3.84. The van der Waals surface area contributed by atoms with E-state index in [0.29, 0.717) is 18.8 Å². The number of ketones is 1. The highest BCUT2D eigenvalue weighted by atomic mass is 16.5. The molecule has 2 aromatic carbocycles. The molecule has 1 aliphatic rings. The molecule has 1 N–H and O–H groups in total. The first kappa shape index (κ1) is 23.5. The summed E-state index contributed by atoms with van der Waals surface area (Å²) < 4.78 is 10.9. The van der Waals surface area contributed by atoms with Crippen LogP contribution in [0.25, 0.3) is 5.76 Å². The van der Waals surface area contributed by atoms with Gasteiger partial charge in [0.05, 0.1) is 24.8 Å². The van der Waals surface area contributed by atoms with Crippen LogP contribution >= 0.6 is 0 Å². The van der Waals surface area contributed by atoms with Gasteiger partial charge in [0.25, 0.3) is 11.7 Å². The van der Waals surface area contributed by atoms with Gasteiger partial charge in [-0.15, -0.1) is 0 Å². The second-order valence-electron chi connectivity index (χ2n) is 8.08. The summed E-state index contributed by atoms with van der Waals surface area (Å²) in [5.41, 5.74) is 3.26. The molecule has 1 amide bonds. The summed E-state index contributed by atoms with van der Waals surface area (Å²) in [4.78, 5) is 27.3. The van der Waals surface area contributed by atoms with Crippen molar-refractivity contribution < 1.29 is 24.2 Å². The number of carbonyl (C=O) groups is 2. The van der Waals surface area contributed by atoms with Crippen LogP contribution in [0.15, 0.2) is 48.0 Å². The number of methoxy groups -OCH3 is 1. The van der Waals surface area contributed by atoms with E-state index in [0.717, 1.165) is 35.3 Å². The van der Waals surface area contributed by atoms with Crippen molar-refractivity contribution in [1.82, 2.24) is 4.90 Å². The number of amides is 1. The monoisotopic (exact) mass is 437 g/mol. The number of aryl methyl sites for hydroxylation is 2. The Morgan fingerprint density at radius 3 is 2.41 bits per heavy atom. The van der Waals surface area contributed by atoms with Crippen LogP contribution < -0.4 is 4.74 Å². The Hall–Kier alpha value is -3.12. The molecule has 1 heterocycles. The van der Waals surface area contributed by atoms with E-state index in [1.165, 1.54) is 4.90 Å². The lowest BCUT2D eigenvalue weighted by atomic mass is 9.94. The van der Waals surface area contributed by atoms with E-state index >= 15 is 0 Å². The molecule has 0 unspecified atom stereocenters. The minimum atomic E-state index is -0.690. The van der Waals surface area contributed by atoms with Crippen molar-refractivity contribution in [2.45, 2.75) is 39.7 Å². The summed E-state index contributed by atoms with van der Waals surface area (Å²) >= 11 is 0. The molecule has 170 valence electrons. The molecule has 6 heteroatoms. The first-order valence-electron chi connectivity index (χ1n) is 11.0. The maximum Gasteiger partial charge on any atom is 0.295 e. The molecular weight excluding hydrogens is 406 g/mol. The lowest BCUT2D eigenvalue weighted by Crippen LogP contribution is -2.32. The van der Waals surface area contributed by atoms with Gasteiger partial charge in [0, 0.05) is 19.2 Å². The van der Waals surface area contributed by atoms with Crippen LogP contribution in [0.5, 0.6) is 5.75 Å². The van der Waals surface area contributed by atoms with Gasteiger partial charge in [0.1, 0.15) is 11.5 Å². The number of aliphatic hydroxyl groups is 1. The first-order valence-corrected chi connectivity index (χ1v) is 11.0. The molecule has 6 nitrogen and oxygen atoms in total. The van der Waals surface area contributed by atoms with Gasteiger partial charge >= 0.3 is 0 Å². The van der Waals surface area contributed by atoms with Gasteiger partial charge in [-0.05, 0) is 49.6 Å². The molecule has 0 bridgehead atoms. The van der Waals surface area contributed by atoms with E-state index in [4.69, 9.17) is 9.47 Å². The van der Waals surface area contributed by atoms with Crippen molar-refractivity contribution in [2.75, 3.05) is 26.9 Å². The summed E-state index contributed by atoms with van der Waals surface area (Å²) in [6.07, 6.45) is 2.00. The summed E-state index contributed by atoms with van der Waals surface area (Å²) in [7, 11) is 1.55. The zero-order chi connectivity index (χ0) is 23.3. The summed E-state index contributed by atoms with van der Waals surface area (Å²) in [6.45, 7) is 7.13. The number of hydrogen-bond acceptors (Lipinski definition) is 5. The Balaban J connectivity index is 2.04. The smallest absolute Gasteiger partial charge is 0.295 e. The molecular formula is C26H31NO5. The van der Waals surface area contributed by atoms with E-state index in [1.54, 1.807) is 25.3 Å². The zero-order valence-corrected chi connectivity index (χ0v) is 19.2. The molecule has 1 fully saturated rings. The highest BCUT2D eigenvalue weighted by Gasteiger charge is 2.45. The number of ether oxygens (including phenoxy) is 2. The second-order valence-corrected chi connectivity index (χ2v) is 8.08. The van der Waals surface area contributed by atoms with Crippen molar-refractivity contribution in [3.8, 4) is 5.75 Å². The van der Waals surface area contributed by atoms with Crippen molar-refractivity contribution in [1.29, 1.82) is 0 Å². The number of rotatable bonds is 9. The van der Waals surface area contributed by atoms with Gasteiger partial charge < -0.3 is 19.5 Å². The van der Waals surface area contributed by atoms with Crippen LogP contribution in [0, 0.1) is 13.8 Å². The SMILES string of the molecule is CCCCOc1ccc(/C(O)=C2\C(=O)C(=O)N(CCOC)[C@H]2c2ccc(C)cc2)cc1C. The van der Waals surface area contributed by atoms with Crippen LogP contribution in [0.3, 0.4) is 0 Å². The van der Waals surface area contributed by atoms with Crippen LogP contribution in [-0.2, 0) is 14.3 Å². The Morgan fingerprint density at radius 2 is 1.78 bits per heavy atom. The number of likely N-dealkylation sites (tertiary alicyclic amines) is 1. The lowest BCUT2D eigenvalue weighted by Gasteiger charge is -2.25. The van der Waals surface area contributed by atoms with Gasteiger partial charge in [-0.25, -0.2) is 0 Å². The Kier molecular flexibility index (Phi) is 7.70. The third-order valence-corrected chi connectivity index (χ3v) is 5.67. The largest absolute Gasteiger partial charge is 0.507 e. The van der Waals surface area contributed by atoms with Gasteiger partial charge in [0.15, 0.2) is 0 Å². The van der Waals surface area contributed by atoms with Gasteiger partial charge in [0.2, 0.25) is 0 Å². The normalized spacial score (nSPS) is 17.8. The molecule has 0 aliphatic carbocycles. The summed E-state index contributed by atoms with van der Waals surface area (Å²) in [6, 6.07) is 12.2. The molecule has 1 saturated heterocycles. The summed E-state index contributed by atoms with van der Waals surface area (Å²) in [5.74, 6) is -0.766.